The molecule has 164 valence electrons. The lowest BCUT2D eigenvalue weighted by atomic mass is 9.93. The molecule has 0 spiro atoms. The number of piperazine rings is 1. The molecule has 29 heavy (non-hydrogen) atoms. The third-order valence-corrected chi connectivity index (χ3v) is 6.60. The van der Waals surface area contributed by atoms with Gasteiger partial charge in [0.25, 0.3) is 0 Å². The molecule has 3 unspecified atom stereocenters. The minimum absolute atomic E-state index is 0. The highest BCUT2D eigenvalue weighted by atomic mass is 127. The van der Waals surface area contributed by atoms with E-state index in [0.29, 0.717) is 18.3 Å². The number of aromatic nitrogens is 2. The summed E-state index contributed by atoms with van der Waals surface area (Å²) in [7, 11) is 0. The van der Waals surface area contributed by atoms with Crippen LogP contribution in [-0.4, -0.2) is 64.7 Å². The minimum Gasteiger partial charge on any atom is -0.357 e. The molecule has 4 rings (SSSR count). The lowest BCUT2D eigenvalue weighted by molar-refractivity contribution is 0.0958. The second-order valence-electron chi connectivity index (χ2n) is 9.70. The Morgan fingerprint density at radius 2 is 1.93 bits per heavy atom. The van der Waals surface area contributed by atoms with Crippen LogP contribution in [0.5, 0.6) is 0 Å². The lowest BCUT2D eigenvalue weighted by Crippen LogP contribution is -2.55. The molecule has 1 aliphatic heterocycles. The van der Waals surface area contributed by atoms with Gasteiger partial charge in [0.2, 0.25) is 5.89 Å². The number of hydrogen-bond acceptors (Lipinski definition) is 5. The highest BCUT2D eigenvalue weighted by molar-refractivity contribution is 14.0. The molecule has 2 saturated carbocycles. The number of guanidine groups is 1. The molecule has 3 fully saturated rings. The summed E-state index contributed by atoms with van der Waals surface area (Å²) in [6.07, 6.45) is 5.86. The molecule has 1 saturated heterocycles. The van der Waals surface area contributed by atoms with Crippen LogP contribution >= 0.6 is 24.0 Å². The molecular weight excluding hydrogens is 479 g/mol. The Morgan fingerprint density at radius 3 is 2.48 bits per heavy atom. The SMILES string of the molecule is CCNC(=NCc1noc(C(C)(C)C)n1)N1CCN(C2CC3CCC2C3)CC1.I. The van der Waals surface area contributed by atoms with E-state index >= 15 is 0 Å². The Kier molecular flexibility index (Phi) is 7.46. The molecule has 0 radical (unpaired) electrons. The van der Waals surface area contributed by atoms with Crippen molar-refractivity contribution in [1.29, 1.82) is 0 Å². The van der Waals surface area contributed by atoms with Crippen LogP contribution in [0.4, 0.5) is 0 Å². The third-order valence-electron chi connectivity index (χ3n) is 6.60. The van der Waals surface area contributed by atoms with Crippen LogP contribution in [0.2, 0.25) is 0 Å². The minimum atomic E-state index is -0.129. The zero-order chi connectivity index (χ0) is 19.7. The van der Waals surface area contributed by atoms with Crippen LogP contribution < -0.4 is 5.32 Å². The van der Waals surface area contributed by atoms with Gasteiger partial charge in [-0.1, -0.05) is 32.3 Å². The van der Waals surface area contributed by atoms with Gasteiger partial charge < -0.3 is 14.7 Å². The highest BCUT2D eigenvalue weighted by Crippen LogP contribution is 2.46. The van der Waals surface area contributed by atoms with Gasteiger partial charge in [-0.05, 0) is 38.0 Å². The van der Waals surface area contributed by atoms with E-state index in [-0.39, 0.29) is 29.4 Å². The summed E-state index contributed by atoms with van der Waals surface area (Å²) in [5, 5.41) is 7.54. The fourth-order valence-electron chi connectivity index (χ4n) is 5.12. The van der Waals surface area contributed by atoms with Crippen molar-refractivity contribution in [2.45, 2.75) is 71.4 Å². The Balaban J connectivity index is 0.00000240. The van der Waals surface area contributed by atoms with Crippen LogP contribution in [0.15, 0.2) is 9.52 Å². The van der Waals surface area contributed by atoms with E-state index < -0.39 is 0 Å². The summed E-state index contributed by atoms with van der Waals surface area (Å²) >= 11 is 0. The molecular formula is C21H37IN6O. The average Bonchev–Trinajstić information content (AvgIpc) is 3.41. The molecule has 3 atom stereocenters. The Morgan fingerprint density at radius 1 is 1.17 bits per heavy atom. The van der Waals surface area contributed by atoms with E-state index in [0.717, 1.165) is 56.6 Å². The standard InChI is InChI=1S/C21H36N6O.HI/c1-5-22-20(23-14-18-24-19(28-25-18)21(2,3)4)27-10-8-26(9-11-27)17-13-15-6-7-16(17)12-15;/h15-17H,5-14H2,1-4H3,(H,22,23);1H. The first-order valence-electron chi connectivity index (χ1n) is 11.0. The molecule has 1 aromatic heterocycles. The molecule has 0 amide bonds. The Bertz CT molecular complexity index is 692. The van der Waals surface area contributed by atoms with E-state index in [2.05, 4.69) is 53.0 Å². The molecule has 3 aliphatic rings. The van der Waals surface area contributed by atoms with Gasteiger partial charge in [-0.15, -0.1) is 24.0 Å². The first kappa shape index (κ1) is 22.8. The monoisotopic (exact) mass is 516 g/mol. The number of hydrogen-bond donors (Lipinski definition) is 1. The molecule has 2 aliphatic carbocycles. The Labute approximate surface area is 192 Å². The van der Waals surface area contributed by atoms with Crippen molar-refractivity contribution in [2.75, 3.05) is 32.7 Å². The fraction of sp³-hybridized carbons (Fsp3) is 0.857. The molecule has 0 aromatic carbocycles. The van der Waals surface area contributed by atoms with Gasteiger partial charge in [-0.2, -0.15) is 4.98 Å². The van der Waals surface area contributed by atoms with E-state index in [9.17, 15) is 0 Å². The van der Waals surface area contributed by atoms with Crippen LogP contribution in [0.1, 0.15) is 65.1 Å². The molecule has 2 heterocycles. The van der Waals surface area contributed by atoms with Crippen LogP contribution in [0, 0.1) is 11.8 Å². The first-order chi connectivity index (χ1) is 13.4. The number of nitrogens with zero attached hydrogens (tertiary/aromatic N) is 5. The third kappa shape index (κ3) is 5.24. The molecule has 1 N–H and O–H groups in total. The summed E-state index contributed by atoms with van der Waals surface area (Å²) in [5.41, 5.74) is -0.129. The zero-order valence-corrected chi connectivity index (χ0v) is 20.7. The van der Waals surface area contributed by atoms with E-state index in [4.69, 9.17) is 9.52 Å². The lowest BCUT2D eigenvalue weighted by Gasteiger charge is -2.42. The van der Waals surface area contributed by atoms with Gasteiger partial charge in [-0.25, -0.2) is 4.99 Å². The second kappa shape index (κ2) is 9.49. The number of rotatable bonds is 4. The normalized spacial score (nSPS) is 27.9. The molecule has 1 aromatic rings. The number of halogens is 1. The fourth-order valence-corrected chi connectivity index (χ4v) is 5.12. The number of nitrogens with one attached hydrogen (secondary N) is 1. The van der Waals surface area contributed by atoms with Crippen molar-refractivity contribution in [2.24, 2.45) is 16.8 Å². The maximum atomic E-state index is 5.39. The summed E-state index contributed by atoms with van der Waals surface area (Å²) in [4.78, 5) is 14.4. The van der Waals surface area contributed by atoms with Crippen molar-refractivity contribution in [3.63, 3.8) is 0 Å². The Hall–Kier alpha value is -0.900. The van der Waals surface area contributed by atoms with Crippen LogP contribution in [0.25, 0.3) is 0 Å². The maximum absolute atomic E-state index is 5.39. The second-order valence-corrected chi connectivity index (χ2v) is 9.70. The van der Waals surface area contributed by atoms with Crippen molar-refractivity contribution < 1.29 is 4.52 Å². The van der Waals surface area contributed by atoms with E-state index in [1.54, 1.807) is 0 Å². The highest BCUT2D eigenvalue weighted by Gasteiger charge is 2.42. The zero-order valence-electron chi connectivity index (χ0n) is 18.4. The average molecular weight is 516 g/mol. The smallest absolute Gasteiger partial charge is 0.232 e. The van der Waals surface area contributed by atoms with Crippen molar-refractivity contribution in [3.8, 4) is 0 Å². The van der Waals surface area contributed by atoms with Gasteiger partial charge in [0.15, 0.2) is 11.8 Å². The van der Waals surface area contributed by atoms with Gasteiger partial charge in [0.1, 0.15) is 6.54 Å². The van der Waals surface area contributed by atoms with Crippen molar-refractivity contribution >= 4 is 29.9 Å². The maximum Gasteiger partial charge on any atom is 0.232 e. The van der Waals surface area contributed by atoms with Crippen molar-refractivity contribution in [3.05, 3.63) is 11.7 Å². The summed E-state index contributed by atoms with van der Waals surface area (Å²) < 4.78 is 5.39. The van der Waals surface area contributed by atoms with Gasteiger partial charge in [-0.3, -0.25) is 4.90 Å². The van der Waals surface area contributed by atoms with Gasteiger partial charge in [0.05, 0.1) is 0 Å². The topological polar surface area (TPSA) is 69.8 Å². The largest absolute Gasteiger partial charge is 0.357 e. The molecule has 8 heteroatoms. The number of fused-ring (bicyclic) bond motifs is 2. The van der Waals surface area contributed by atoms with E-state index in [1.807, 2.05) is 0 Å². The first-order valence-corrected chi connectivity index (χ1v) is 11.0. The predicted molar refractivity (Wildman–Crippen MR) is 126 cm³/mol. The quantitative estimate of drug-likeness (QED) is 0.377. The summed E-state index contributed by atoms with van der Waals surface area (Å²) in [6.45, 7) is 14.0. The van der Waals surface area contributed by atoms with Crippen LogP contribution in [0.3, 0.4) is 0 Å². The summed E-state index contributed by atoms with van der Waals surface area (Å²) in [6, 6.07) is 0.843. The summed E-state index contributed by atoms with van der Waals surface area (Å²) in [5.74, 6) is 4.27. The number of aliphatic imine (C=N–C) groups is 1. The van der Waals surface area contributed by atoms with Crippen molar-refractivity contribution in [1.82, 2.24) is 25.3 Å². The van der Waals surface area contributed by atoms with Gasteiger partial charge in [0, 0.05) is 44.2 Å². The van der Waals surface area contributed by atoms with Crippen LogP contribution in [-0.2, 0) is 12.0 Å². The molecule has 2 bridgehead atoms. The predicted octanol–water partition coefficient (Wildman–Crippen LogP) is 3.26. The van der Waals surface area contributed by atoms with E-state index in [1.165, 1.54) is 25.7 Å². The van der Waals surface area contributed by atoms with Gasteiger partial charge >= 0.3 is 0 Å². The molecule has 7 nitrogen and oxygen atoms in total.